The Balaban J connectivity index is 1.49. The number of thioether (sulfide) groups is 2. The summed E-state index contributed by atoms with van der Waals surface area (Å²) in [5.41, 5.74) is 5.06. The Kier molecular flexibility index (Phi) is 7.29. The molecular formula is C21H29N3O7S2. The van der Waals surface area contributed by atoms with Gasteiger partial charge in [-0.1, -0.05) is 0 Å². The van der Waals surface area contributed by atoms with E-state index in [1.807, 2.05) is 4.90 Å². The van der Waals surface area contributed by atoms with E-state index in [0.29, 0.717) is 18.0 Å². The number of hydrogen-bond donors (Lipinski definition) is 3. The molecule has 0 bridgehead atoms. The number of rotatable bonds is 12. The van der Waals surface area contributed by atoms with Crippen molar-refractivity contribution in [3.63, 3.8) is 0 Å². The van der Waals surface area contributed by atoms with Gasteiger partial charge in [0.2, 0.25) is 11.6 Å². The quantitative estimate of drug-likeness (QED) is 0.187. The van der Waals surface area contributed by atoms with E-state index in [2.05, 4.69) is 5.32 Å². The van der Waals surface area contributed by atoms with Gasteiger partial charge in [-0.3, -0.25) is 9.59 Å². The Morgan fingerprint density at radius 2 is 1.97 bits per heavy atom. The number of fused-ring (bicyclic) bond motifs is 4. The molecule has 3 unspecified atom stereocenters. The molecule has 10 nitrogen and oxygen atoms in total. The number of piperazine rings is 1. The largest absolute Gasteiger partial charge is 0.488 e. The summed E-state index contributed by atoms with van der Waals surface area (Å²) in [6.45, 7) is 2.42. The van der Waals surface area contributed by atoms with Crippen molar-refractivity contribution < 1.29 is 33.7 Å². The van der Waals surface area contributed by atoms with Crippen LogP contribution >= 0.6 is 23.5 Å². The molecule has 0 saturated carbocycles. The average molecular weight is 500 g/mol. The number of ketones is 2. The number of ether oxygens (including phenoxy) is 3. The number of methoxy groups -OCH3 is 1. The van der Waals surface area contributed by atoms with Crippen LogP contribution in [0.3, 0.4) is 0 Å². The van der Waals surface area contributed by atoms with Crippen LogP contribution < -0.4 is 11.1 Å². The predicted molar refractivity (Wildman–Crippen MR) is 124 cm³/mol. The summed E-state index contributed by atoms with van der Waals surface area (Å²) in [6.07, 6.45) is -0.952. The van der Waals surface area contributed by atoms with Crippen LogP contribution in [0.15, 0.2) is 22.6 Å². The van der Waals surface area contributed by atoms with Crippen LogP contribution in [0.1, 0.15) is 6.92 Å². The molecule has 4 rings (SSSR count). The molecule has 3 heterocycles. The van der Waals surface area contributed by atoms with E-state index in [9.17, 15) is 14.4 Å². The van der Waals surface area contributed by atoms with Gasteiger partial charge >= 0.3 is 6.09 Å². The molecule has 2 fully saturated rings. The summed E-state index contributed by atoms with van der Waals surface area (Å²) >= 11 is 3.36. The molecule has 0 aromatic heterocycles. The van der Waals surface area contributed by atoms with E-state index in [1.54, 1.807) is 30.4 Å². The minimum atomic E-state index is -0.992. The third kappa shape index (κ3) is 4.16. The number of nitrogens with zero attached hydrogens (tertiary/aromatic N) is 1. The van der Waals surface area contributed by atoms with Gasteiger partial charge in [0.1, 0.15) is 6.61 Å². The molecule has 33 heavy (non-hydrogen) atoms. The molecule has 4 atom stereocenters. The molecule has 0 aromatic carbocycles. The first-order chi connectivity index (χ1) is 15.9. The molecule has 4 N–H and O–H groups in total. The summed E-state index contributed by atoms with van der Waals surface area (Å²) in [6, 6.07) is 0.0624. The van der Waals surface area contributed by atoms with Gasteiger partial charge < -0.3 is 35.3 Å². The highest BCUT2D eigenvalue weighted by molar-refractivity contribution is 8.02. The van der Waals surface area contributed by atoms with Crippen molar-refractivity contribution in [2.75, 3.05) is 56.5 Å². The maximum absolute atomic E-state index is 13.6. The molecule has 0 aromatic rings. The van der Waals surface area contributed by atoms with Gasteiger partial charge in [-0.25, -0.2) is 4.79 Å². The van der Waals surface area contributed by atoms with Gasteiger partial charge in [-0.15, -0.1) is 0 Å². The fourth-order valence-electron chi connectivity index (χ4n) is 5.03. The second kappa shape index (κ2) is 9.87. The Hall–Kier alpha value is -1.73. The van der Waals surface area contributed by atoms with Crippen LogP contribution in [-0.2, 0) is 23.8 Å². The molecule has 182 valence electrons. The van der Waals surface area contributed by atoms with E-state index in [4.69, 9.17) is 25.1 Å². The SMILES string of the molecule is CO[C@@]12C(COC(N)=O)C3=C(C(=O)C(C)=C(OCCSCCSCCO)C3=O)N1CC1NC12. The number of nitrogens with one attached hydrogen (secondary N) is 1. The summed E-state index contributed by atoms with van der Waals surface area (Å²) in [5, 5.41) is 12.1. The maximum atomic E-state index is 13.6. The number of carbonyl (C=O) groups excluding carboxylic acids is 3. The fraction of sp³-hybridized carbons (Fsp3) is 0.667. The number of aliphatic hydroxyl groups excluding tert-OH is 1. The number of nitrogens with two attached hydrogens (primary N) is 1. The fourth-order valence-corrected chi connectivity index (χ4v) is 6.71. The summed E-state index contributed by atoms with van der Waals surface area (Å²) < 4.78 is 16.9. The second-order valence-electron chi connectivity index (χ2n) is 8.17. The highest BCUT2D eigenvalue weighted by Gasteiger charge is 2.72. The van der Waals surface area contributed by atoms with Crippen LogP contribution in [0.4, 0.5) is 4.79 Å². The van der Waals surface area contributed by atoms with Crippen molar-refractivity contribution in [2.24, 2.45) is 11.7 Å². The van der Waals surface area contributed by atoms with E-state index in [0.717, 1.165) is 17.3 Å². The van der Waals surface area contributed by atoms with Gasteiger partial charge in [-0.2, -0.15) is 23.5 Å². The predicted octanol–water partition coefficient (Wildman–Crippen LogP) is -0.135. The third-order valence-corrected chi connectivity index (χ3v) is 8.63. The Morgan fingerprint density at radius 3 is 2.64 bits per heavy atom. The molecule has 0 spiro atoms. The lowest BCUT2D eigenvalue weighted by molar-refractivity contribution is -0.137. The number of aliphatic hydroxyl groups is 1. The topological polar surface area (TPSA) is 150 Å². The van der Waals surface area contributed by atoms with E-state index >= 15 is 0 Å². The Morgan fingerprint density at radius 1 is 1.24 bits per heavy atom. The lowest BCUT2D eigenvalue weighted by Crippen LogP contribution is -2.55. The molecule has 4 aliphatic rings. The normalized spacial score (nSPS) is 29.9. The minimum absolute atomic E-state index is 0.0470. The lowest BCUT2D eigenvalue weighted by Gasteiger charge is -2.39. The second-order valence-corrected chi connectivity index (χ2v) is 10.6. The van der Waals surface area contributed by atoms with Crippen molar-refractivity contribution in [3.05, 3.63) is 22.6 Å². The lowest BCUT2D eigenvalue weighted by atomic mass is 9.83. The maximum Gasteiger partial charge on any atom is 0.404 e. The number of carbonyl (C=O) groups is 3. The smallest absolute Gasteiger partial charge is 0.404 e. The van der Waals surface area contributed by atoms with Gasteiger partial charge in [0, 0.05) is 53.9 Å². The van der Waals surface area contributed by atoms with E-state index in [-0.39, 0.29) is 60.4 Å². The van der Waals surface area contributed by atoms with Crippen LogP contribution in [0.25, 0.3) is 0 Å². The standard InChI is InChI=1S/C21H29N3O7S2/c1-11-16(26)15-14(17(27)18(11)30-4-6-33-8-7-32-5-3-25)12(10-31-20(22)28)21(29-2)19-13(23-19)9-24(15)21/h12-13,19,23,25H,3-10H2,1-2H3,(H2,22,28)/t12?,13?,19?,21-/m1/s1. The molecule has 1 amide bonds. The molecular weight excluding hydrogens is 470 g/mol. The Bertz CT molecular complexity index is 908. The first kappa shape index (κ1) is 24.4. The zero-order valence-corrected chi connectivity index (χ0v) is 20.3. The molecule has 12 heteroatoms. The number of allylic oxidation sites excluding steroid dienone is 2. The molecule has 1 aliphatic carbocycles. The number of Topliss-reactive ketones (excluding diaryl/α,β-unsaturated/α-hetero) is 2. The summed E-state index contributed by atoms with van der Waals surface area (Å²) in [4.78, 5) is 40.1. The highest BCUT2D eigenvalue weighted by Crippen LogP contribution is 2.55. The van der Waals surface area contributed by atoms with Gasteiger partial charge in [0.05, 0.1) is 30.9 Å². The van der Waals surface area contributed by atoms with Crippen molar-refractivity contribution in [1.29, 1.82) is 0 Å². The van der Waals surface area contributed by atoms with Gasteiger partial charge in [0.15, 0.2) is 11.5 Å². The first-order valence-electron chi connectivity index (χ1n) is 10.8. The van der Waals surface area contributed by atoms with Crippen LogP contribution in [-0.4, -0.2) is 102 Å². The van der Waals surface area contributed by atoms with E-state index in [1.165, 1.54) is 7.11 Å². The van der Waals surface area contributed by atoms with Crippen LogP contribution in [0.2, 0.25) is 0 Å². The van der Waals surface area contributed by atoms with Gasteiger partial charge in [0.25, 0.3) is 0 Å². The zero-order chi connectivity index (χ0) is 23.8. The molecule has 2 saturated heterocycles. The van der Waals surface area contributed by atoms with Crippen molar-refractivity contribution >= 4 is 41.2 Å². The average Bonchev–Trinajstić information content (AvgIpc) is 3.40. The molecule has 3 aliphatic heterocycles. The van der Waals surface area contributed by atoms with Crippen LogP contribution in [0, 0.1) is 5.92 Å². The summed E-state index contributed by atoms with van der Waals surface area (Å²) in [5.74, 6) is 1.95. The highest BCUT2D eigenvalue weighted by atomic mass is 32.2. The Labute approximate surface area is 200 Å². The number of primary amides is 1. The monoisotopic (exact) mass is 499 g/mol. The zero-order valence-electron chi connectivity index (χ0n) is 18.6. The summed E-state index contributed by atoms with van der Waals surface area (Å²) in [7, 11) is 1.54. The van der Waals surface area contributed by atoms with Crippen molar-refractivity contribution in [2.45, 2.75) is 24.7 Å². The third-order valence-electron chi connectivity index (χ3n) is 6.45. The van der Waals surface area contributed by atoms with E-state index < -0.39 is 17.7 Å². The van der Waals surface area contributed by atoms with Crippen LogP contribution in [0.5, 0.6) is 0 Å². The first-order valence-corrected chi connectivity index (χ1v) is 13.1. The van der Waals surface area contributed by atoms with Crippen molar-refractivity contribution in [3.8, 4) is 0 Å². The molecule has 0 radical (unpaired) electrons. The van der Waals surface area contributed by atoms with Gasteiger partial charge in [-0.05, 0) is 6.92 Å². The van der Waals surface area contributed by atoms with Crippen molar-refractivity contribution in [1.82, 2.24) is 10.2 Å². The minimum Gasteiger partial charge on any atom is -0.488 e. The number of amides is 1. The number of hydrogen-bond acceptors (Lipinski definition) is 11.